The number of fused-ring (bicyclic) bond motifs is 1. The second-order valence-corrected chi connectivity index (χ2v) is 5.67. The van der Waals surface area contributed by atoms with Crippen LogP contribution in [0.4, 0.5) is 0 Å². The number of hydrogen-bond acceptors (Lipinski definition) is 5. The van der Waals surface area contributed by atoms with Gasteiger partial charge in [0.05, 0.1) is 6.61 Å². The number of ether oxygens (including phenoxy) is 1. The van der Waals surface area contributed by atoms with E-state index in [1.165, 1.54) is 21.9 Å². The molecule has 118 valence electrons. The van der Waals surface area contributed by atoms with Gasteiger partial charge in [-0.05, 0) is 24.6 Å². The summed E-state index contributed by atoms with van der Waals surface area (Å²) in [6.07, 6.45) is 2.93. The first kappa shape index (κ1) is 15.2. The van der Waals surface area contributed by atoms with E-state index in [1.54, 1.807) is 11.6 Å². The minimum Gasteiger partial charge on any atom is -0.494 e. The maximum Gasteiger partial charge on any atom is 0.271 e. The van der Waals surface area contributed by atoms with E-state index >= 15 is 0 Å². The highest BCUT2D eigenvalue weighted by Crippen LogP contribution is 2.12. The number of carbonyl (C=O) groups is 1. The summed E-state index contributed by atoms with van der Waals surface area (Å²) in [7, 11) is 0. The first-order valence-corrected chi connectivity index (χ1v) is 8.02. The molecule has 0 aliphatic rings. The van der Waals surface area contributed by atoms with Crippen molar-refractivity contribution in [2.24, 2.45) is 0 Å². The standard InChI is InChI=1S/C16H15N3O3S/c1-2-22-12-5-3-11(4-6-12)9-17-14(20)13-10-18-16-19(15(13)21)7-8-23-16/h3-8,10H,2,9H2,1H3,(H,17,20). The fraction of sp³-hybridized carbons (Fsp3) is 0.188. The average molecular weight is 329 g/mol. The second kappa shape index (κ2) is 6.62. The van der Waals surface area contributed by atoms with Crippen molar-refractivity contribution in [1.29, 1.82) is 0 Å². The Kier molecular flexibility index (Phi) is 4.38. The van der Waals surface area contributed by atoms with Crippen LogP contribution >= 0.6 is 11.3 Å². The number of carbonyl (C=O) groups excluding carboxylic acids is 1. The molecule has 0 saturated carbocycles. The summed E-state index contributed by atoms with van der Waals surface area (Å²) in [4.78, 5) is 29.1. The quantitative estimate of drug-likeness (QED) is 0.778. The second-order valence-electron chi connectivity index (χ2n) is 4.79. The fourth-order valence-corrected chi connectivity index (χ4v) is 2.80. The van der Waals surface area contributed by atoms with Gasteiger partial charge in [-0.1, -0.05) is 12.1 Å². The number of nitrogens with one attached hydrogen (secondary N) is 1. The van der Waals surface area contributed by atoms with Crippen molar-refractivity contribution in [3.8, 4) is 5.75 Å². The van der Waals surface area contributed by atoms with Gasteiger partial charge < -0.3 is 10.1 Å². The zero-order valence-corrected chi connectivity index (χ0v) is 13.3. The Morgan fingerprint density at radius 1 is 1.35 bits per heavy atom. The summed E-state index contributed by atoms with van der Waals surface area (Å²) >= 11 is 1.35. The molecular weight excluding hydrogens is 314 g/mol. The molecule has 7 heteroatoms. The van der Waals surface area contributed by atoms with Crippen LogP contribution in [-0.2, 0) is 6.54 Å². The Morgan fingerprint density at radius 2 is 2.13 bits per heavy atom. The number of hydrogen-bond donors (Lipinski definition) is 1. The first-order valence-electron chi connectivity index (χ1n) is 7.14. The Hall–Kier alpha value is -2.67. The molecule has 6 nitrogen and oxygen atoms in total. The Bertz CT molecular complexity index is 883. The van der Waals surface area contributed by atoms with Crippen molar-refractivity contribution in [2.75, 3.05) is 6.61 Å². The maximum atomic E-state index is 12.2. The molecule has 1 amide bonds. The normalized spacial score (nSPS) is 10.7. The SMILES string of the molecule is CCOc1ccc(CNC(=O)c2cnc3sccn3c2=O)cc1. The molecule has 0 aliphatic carbocycles. The van der Waals surface area contributed by atoms with E-state index in [1.807, 2.05) is 31.2 Å². The molecule has 2 aromatic heterocycles. The van der Waals surface area contributed by atoms with Gasteiger partial charge in [-0.15, -0.1) is 11.3 Å². The van der Waals surface area contributed by atoms with Crippen molar-refractivity contribution in [2.45, 2.75) is 13.5 Å². The Balaban J connectivity index is 1.71. The minimum absolute atomic E-state index is 0.0341. The lowest BCUT2D eigenvalue weighted by atomic mass is 10.2. The number of rotatable bonds is 5. The van der Waals surface area contributed by atoms with Gasteiger partial charge in [0, 0.05) is 24.3 Å². The molecule has 0 bridgehead atoms. The summed E-state index contributed by atoms with van der Waals surface area (Å²) in [5, 5.41) is 4.49. The van der Waals surface area contributed by atoms with E-state index < -0.39 is 5.91 Å². The molecule has 3 aromatic rings. The highest BCUT2D eigenvalue weighted by atomic mass is 32.1. The van der Waals surface area contributed by atoms with E-state index in [2.05, 4.69) is 10.3 Å². The van der Waals surface area contributed by atoms with Crippen LogP contribution in [0.5, 0.6) is 5.75 Å². The van der Waals surface area contributed by atoms with Gasteiger partial charge in [-0.3, -0.25) is 14.0 Å². The molecule has 3 rings (SSSR count). The molecule has 1 N–H and O–H groups in total. The molecule has 1 aromatic carbocycles. The zero-order valence-electron chi connectivity index (χ0n) is 12.5. The lowest BCUT2D eigenvalue weighted by Crippen LogP contribution is -2.30. The smallest absolute Gasteiger partial charge is 0.271 e. The van der Waals surface area contributed by atoms with Crippen molar-refractivity contribution < 1.29 is 9.53 Å². The van der Waals surface area contributed by atoms with Crippen molar-refractivity contribution >= 4 is 22.2 Å². The third-order valence-electron chi connectivity index (χ3n) is 3.27. The Morgan fingerprint density at radius 3 is 2.87 bits per heavy atom. The molecule has 0 spiro atoms. The summed E-state index contributed by atoms with van der Waals surface area (Å²) in [5.41, 5.74) is 0.596. The van der Waals surface area contributed by atoms with E-state index in [-0.39, 0.29) is 11.1 Å². The van der Waals surface area contributed by atoms with Gasteiger partial charge >= 0.3 is 0 Å². The molecule has 0 saturated heterocycles. The van der Waals surface area contributed by atoms with Crippen LogP contribution in [0.15, 0.2) is 46.8 Å². The van der Waals surface area contributed by atoms with Gasteiger partial charge in [-0.2, -0.15) is 0 Å². The minimum atomic E-state index is -0.433. The average Bonchev–Trinajstić information content (AvgIpc) is 3.04. The highest BCUT2D eigenvalue weighted by molar-refractivity contribution is 7.15. The zero-order chi connectivity index (χ0) is 16.2. The van der Waals surface area contributed by atoms with Gasteiger partial charge in [0.25, 0.3) is 11.5 Å². The van der Waals surface area contributed by atoms with Crippen LogP contribution in [0.25, 0.3) is 4.96 Å². The molecule has 0 unspecified atom stereocenters. The van der Waals surface area contributed by atoms with Crippen LogP contribution in [0.2, 0.25) is 0 Å². The van der Waals surface area contributed by atoms with E-state index in [4.69, 9.17) is 4.74 Å². The topological polar surface area (TPSA) is 72.7 Å². The lowest BCUT2D eigenvalue weighted by molar-refractivity contribution is 0.0949. The third-order valence-corrected chi connectivity index (χ3v) is 4.05. The summed E-state index contributed by atoms with van der Waals surface area (Å²) in [5.74, 6) is 0.352. The van der Waals surface area contributed by atoms with Crippen LogP contribution < -0.4 is 15.6 Å². The van der Waals surface area contributed by atoms with Crippen molar-refractivity contribution in [1.82, 2.24) is 14.7 Å². The van der Waals surface area contributed by atoms with Crippen LogP contribution in [0.3, 0.4) is 0 Å². The fourth-order valence-electron chi connectivity index (χ4n) is 2.13. The third kappa shape index (κ3) is 3.24. The Labute approximate surface area is 136 Å². The van der Waals surface area contributed by atoms with E-state index in [0.717, 1.165) is 11.3 Å². The molecule has 23 heavy (non-hydrogen) atoms. The predicted octanol–water partition coefficient (Wildman–Crippen LogP) is 2.08. The number of nitrogens with zero attached hydrogens (tertiary/aromatic N) is 2. The molecule has 0 atom stereocenters. The lowest BCUT2D eigenvalue weighted by Gasteiger charge is -2.07. The molecular formula is C16H15N3O3S. The first-order chi connectivity index (χ1) is 11.2. The summed E-state index contributed by atoms with van der Waals surface area (Å²) in [6, 6.07) is 7.44. The predicted molar refractivity (Wildman–Crippen MR) is 88.1 cm³/mol. The number of amides is 1. The van der Waals surface area contributed by atoms with E-state index in [0.29, 0.717) is 18.1 Å². The molecule has 0 fully saturated rings. The molecule has 0 radical (unpaired) electrons. The largest absolute Gasteiger partial charge is 0.494 e. The van der Waals surface area contributed by atoms with Crippen LogP contribution in [0, 0.1) is 0 Å². The maximum absolute atomic E-state index is 12.2. The number of aromatic nitrogens is 2. The molecule has 0 aliphatic heterocycles. The van der Waals surface area contributed by atoms with Crippen molar-refractivity contribution in [3.63, 3.8) is 0 Å². The number of thiazole rings is 1. The van der Waals surface area contributed by atoms with Gasteiger partial charge in [0.15, 0.2) is 4.96 Å². The monoisotopic (exact) mass is 329 g/mol. The van der Waals surface area contributed by atoms with Crippen LogP contribution in [-0.4, -0.2) is 21.9 Å². The van der Waals surface area contributed by atoms with Crippen LogP contribution in [0.1, 0.15) is 22.8 Å². The molecule has 2 heterocycles. The van der Waals surface area contributed by atoms with Gasteiger partial charge in [0.2, 0.25) is 0 Å². The van der Waals surface area contributed by atoms with Gasteiger partial charge in [0.1, 0.15) is 11.3 Å². The summed E-state index contributed by atoms with van der Waals surface area (Å²) < 4.78 is 6.74. The number of benzene rings is 1. The van der Waals surface area contributed by atoms with Crippen molar-refractivity contribution in [3.05, 3.63) is 63.5 Å². The van der Waals surface area contributed by atoms with E-state index in [9.17, 15) is 9.59 Å². The van der Waals surface area contributed by atoms with Gasteiger partial charge in [-0.25, -0.2) is 4.98 Å². The summed E-state index contributed by atoms with van der Waals surface area (Å²) in [6.45, 7) is 2.86. The highest BCUT2D eigenvalue weighted by Gasteiger charge is 2.13.